The minimum atomic E-state index is -0.612. The number of hydrogen-bond donors (Lipinski definition) is 0. The van der Waals surface area contributed by atoms with E-state index in [0.29, 0.717) is 15.8 Å². The summed E-state index contributed by atoms with van der Waals surface area (Å²) < 4.78 is 1.31. The van der Waals surface area contributed by atoms with Gasteiger partial charge in [0, 0.05) is 17.3 Å². The molecule has 0 radical (unpaired) electrons. The fourth-order valence-electron chi connectivity index (χ4n) is 2.19. The summed E-state index contributed by atoms with van der Waals surface area (Å²) in [4.78, 5) is 24.4. The van der Waals surface area contributed by atoms with Crippen LogP contribution in [0.25, 0.3) is 10.9 Å². The molecular formula is C17H16N2O3S. The lowest BCUT2D eigenvalue weighted by molar-refractivity contribution is -0.389. The molecule has 1 aromatic carbocycles. The van der Waals surface area contributed by atoms with Crippen molar-refractivity contribution in [3.8, 4) is 0 Å². The van der Waals surface area contributed by atoms with E-state index in [1.807, 2.05) is 13.0 Å². The Morgan fingerprint density at radius 3 is 2.70 bits per heavy atom. The molecule has 0 spiro atoms. The van der Waals surface area contributed by atoms with E-state index in [1.165, 1.54) is 16.3 Å². The Bertz CT molecular complexity index is 895. The maximum atomic E-state index is 12.4. The number of aryl methyl sites for hydroxylation is 1. The van der Waals surface area contributed by atoms with Gasteiger partial charge in [-0.05, 0) is 19.1 Å². The van der Waals surface area contributed by atoms with Gasteiger partial charge >= 0.3 is 11.2 Å². The average molecular weight is 328 g/mol. The van der Waals surface area contributed by atoms with Gasteiger partial charge < -0.3 is 4.57 Å². The third-order valence-corrected chi connectivity index (χ3v) is 4.54. The van der Waals surface area contributed by atoms with Gasteiger partial charge in [0.1, 0.15) is 4.90 Å². The minimum Gasteiger partial charge on any atom is -0.305 e. The molecule has 0 amide bonds. The summed E-state index contributed by atoms with van der Waals surface area (Å²) in [5, 5.41) is 12.1. The number of thioether (sulfide) groups is 1. The largest absolute Gasteiger partial charge is 0.348 e. The second-order valence-electron chi connectivity index (χ2n) is 4.70. The molecule has 0 fully saturated rings. The van der Waals surface area contributed by atoms with Crippen LogP contribution in [0.5, 0.6) is 0 Å². The lowest BCUT2D eigenvalue weighted by Crippen LogP contribution is -2.21. The van der Waals surface area contributed by atoms with Crippen LogP contribution < -0.4 is 5.56 Å². The number of para-hydroxylation sites is 1. The molecule has 1 heterocycles. The highest BCUT2D eigenvalue weighted by atomic mass is 32.2. The molecule has 0 N–H and O–H groups in total. The smallest absolute Gasteiger partial charge is 0.305 e. The third kappa shape index (κ3) is 3.27. The first kappa shape index (κ1) is 16.8. The molecule has 23 heavy (non-hydrogen) atoms. The van der Waals surface area contributed by atoms with Crippen molar-refractivity contribution in [3.63, 3.8) is 0 Å². The van der Waals surface area contributed by atoms with Crippen LogP contribution >= 0.6 is 11.8 Å². The number of fused-ring (bicyclic) bond motifs is 1. The van der Waals surface area contributed by atoms with Gasteiger partial charge in [0.05, 0.1) is 10.4 Å². The summed E-state index contributed by atoms with van der Waals surface area (Å²) in [6.45, 7) is 5.45. The highest BCUT2D eigenvalue weighted by Gasteiger charge is 2.25. The molecule has 0 saturated carbocycles. The Morgan fingerprint density at radius 1 is 1.39 bits per heavy atom. The van der Waals surface area contributed by atoms with Crippen molar-refractivity contribution < 1.29 is 4.92 Å². The van der Waals surface area contributed by atoms with E-state index >= 15 is 0 Å². The van der Waals surface area contributed by atoms with Gasteiger partial charge in [0.25, 0.3) is 0 Å². The lowest BCUT2D eigenvalue weighted by atomic mass is 10.2. The fourth-order valence-corrected chi connectivity index (χ4v) is 3.23. The van der Waals surface area contributed by atoms with E-state index in [-0.39, 0.29) is 0 Å². The number of benzene rings is 1. The monoisotopic (exact) mass is 328 g/mol. The number of nitrogens with zero attached hydrogens (tertiary/aromatic N) is 2. The SMILES string of the molecule is C=C/C=C/C(=C\C)Sc1c([N+](=O)[O-])c(=O)n(C)c2ccccc12. The number of hydrogen-bond acceptors (Lipinski definition) is 4. The number of pyridine rings is 1. The topological polar surface area (TPSA) is 65.1 Å². The third-order valence-electron chi connectivity index (χ3n) is 3.32. The van der Waals surface area contributed by atoms with E-state index in [2.05, 4.69) is 6.58 Å². The zero-order chi connectivity index (χ0) is 17.0. The fraction of sp³-hybridized carbons (Fsp3) is 0.118. The van der Waals surface area contributed by atoms with E-state index in [4.69, 9.17) is 0 Å². The quantitative estimate of drug-likeness (QED) is 0.357. The van der Waals surface area contributed by atoms with Crippen LogP contribution in [0.15, 0.2) is 69.7 Å². The van der Waals surface area contributed by atoms with Gasteiger partial charge in [-0.2, -0.15) is 0 Å². The summed E-state index contributed by atoms with van der Waals surface area (Å²) in [6, 6.07) is 7.17. The van der Waals surface area contributed by atoms with Crippen molar-refractivity contribution in [1.82, 2.24) is 4.57 Å². The predicted octanol–water partition coefficient (Wildman–Crippen LogP) is 4.18. The Balaban J connectivity index is 2.79. The first-order valence-electron chi connectivity index (χ1n) is 6.90. The molecule has 6 heteroatoms. The molecule has 1 aromatic heterocycles. The average Bonchev–Trinajstić information content (AvgIpc) is 2.55. The maximum Gasteiger partial charge on any atom is 0.348 e. The molecule has 0 atom stereocenters. The van der Waals surface area contributed by atoms with Gasteiger partial charge in [0.15, 0.2) is 0 Å². The normalized spacial score (nSPS) is 12.0. The lowest BCUT2D eigenvalue weighted by Gasteiger charge is -2.11. The minimum absolute atomic E-state index is 0.357. The number of allylic oxidation sites excluding steroid dienone is 4. The Hall–Kier alpha value is -2.60. The molecule has 2 rings (SSSR count). The van der Waals surface area contributed by atoms with Crippen molar-refractivity contribution >= 4 is 28.4 Å². The van der Waals surface area contributed by atoms with E-state index < -0.39 is 16.2 Å². The summed E-state index contributed by atoms with van der Waals surface area (Å²) in [6.07, 6.45) is 7.01. The summed E-state index contributed by atoms with van der Waals surface area (Å²) in [5.74, 6) is 0. The van der Waals surface area contributed by atoms with E-state index in [1.54, 1.807) is 49.5 Å². The highest BCUT2D eigenvalue weighted by molar-refractivity contribution is 8.03. The molecule has 0 aliphatic heterocycles. The molecule has 118 valence electrons. The van der Waals surface area contributed by atoms with E-state index in [0.717, 1.165) is 4.91 Å². The standard InChI is InChI=1S/C17H16N2O3S/c1-4-6-9-12(5-2)23-16-13-10-7-8-11-14(13)18(3)17(20)15(16)19(21)22/h4-11H,1H2,2-3H3/b9-6+,12-5+. The van der Waals surface area contributed by atoms with Gasteiger partial charge in [-0.15, -0.1) is 0 Å². The maximum absolute atomic E-state index is 12.4. The Morgan fingerprint density at radius 2 is 2.09 bits per heavy atom. The van der Waals surface area contributed by atoms with E-state index in [9.17, 15) is 14.9 Å². The second-order valence-corrected chi connectivity index (χ2v) is 5.79. The zero-order valence-corrected chi connectivity index (χ0v) is 13.7. The van der Waals surface area contributed by atoms with Crippen LogP contribution in [0.4, 0.5) is 5.69 Å². The first-order valence-corrected chi connectivity index (χ1v) is 7.72. The van der Waals surface area contributed by atoms with Gasteiger partial charge in [-0.25, -0.2) is 0 Å². The number of rotatable bonds is 5. The highest BCUT2D eigenvalue weighted by Crippen LogP contribution is 2.38. The summed E-state index contributed by atoms with van der Waals surface area (Å²) in [5.41, 5.74) is -0.351. The molecular weight excluding hydrogens is 312 g/mol. The van der Waals surface area contributed by atoms with Crippen LogP contribution in [0.2, 0.25) is 0 Å². The van der Waals surface area contributed by atoms with Crippen molar-refractivity contribution in [3.05, 3.63) is 80.5 Å². The molecule has 0 unspecified atom stereocenters. The molecule has 2 aromatic rings. The van der Waals surface area contributed by atoms with Crippen molar-refractivity contribution in [2.24, 2.45) is 7.05 Å². The van der Waals surface area contributed by atoms with Gasteiger partial charge in [0.2, 0.25) is 0 Å². The molecule has 0 saturated heterocycles. The van der Waals surface area contributed by atoms with Gasteiger partial charge in [-0.3, -0.25) is 14.9 Å². The van der Waals surface area contributed by atoms with Gasteiger partial charge in [-0.1, -0.05) is 54.8 Å². The molecule has 5 nitrogen and oxygen atoms in total. The van der Waals surface area contributed by atoms with Crippen molar-refractivity contribution in [2.75, 3.05) is 0 Å². The van der Waals surface area contributed by atoms with Crippen molar-refractivity contribution in [1.29, 1.82) is 0 Å². The van der Waals surface area contributed by atoms with Crippen LogP contribution in [0.1, 0.15) is 6.92 Å². The molecule has 0 aliphatic carbocycles. The number of nitro groups is 1. The predicted molar refractivity (Wildman–Crippen MR) is 94.8 cm³/mol. The number of aromatic nitrogens is 1. The summed E-state index contributed by atoms with van der Waals surface area (Å²) >= 11 is 1.21. The molecule has 0 bridgehead atoms. The molecule has 0 aliphatic rings. The Labute approximate surface area is 137 Å². The Kier molecular flexibility index (Phi) is 5.18. The zero-order valence-electron chi connectivity index (χ0n) is 12.9. The van der Waals surface area contributed by atoms with Crippen LogP contribution in [-0.4, -0.2) is 9.49 Å². The van der Waals surface area contributed by atoms with Crippen LogP contribution in [0, 0.1) is 10.1 Å². The first-order chi connectivity index (χ1) is 11.0. The van der Waals surface area contributed by atoms with Crippen LogP contribution in [0.3, 0.4) is 0 Å². The summed E-state index contributed by atoms with van der Waals surface area (Å²) in [7, 11) is 1.54. The van der Waals surface area contributed by atoms with Crippen molar-refractivity contribution in [2.45, 2.75) is 11.8 Å². The second kappa shape index (κ2) is 7.11. The van der Waals surface area contributed by atoms with Crippen LogP contribution in [-0.2, 0) is 7.05 Å².